The molecule has 0 unspecified atom stereocenters. The van der Waals surface area contributed by atoms with Crippen LogP contribution in [0.15, 0.2) is 48.1 Å². The molecule has 0 aliphatic rings. The summed E-state index contributed by atoms with van der Waals surface area (Å²) in [5.41, 5.74) is 2.97. The maximum Gasteiger partial charge on any atom is 0.237 e. The number of rotatable bonds is 9. The van der Waals surface area contributed by atoms with Crippen LogP contribution < -0.4 is 4.90 Å². The molecule has 6 heteroatoms. The Labute approximate surface area is 153 Å². The van der Waals surface area contributed by atoms with Crippen molar-refractivity contribution in [2.45, 2.75) is 25.5 Å². The Hall–Kier alpha value is -2.05. The molecule has 0 atom stereocenters. The number of carbonyl (C=O) groups excluding carboxylic acids is 1. The molecule has 0 radical (unpaired) electrons. The van der Waals surface area contributed by atoms with Crippen molar-refractivity contribution >= 4 is 23.4 Å². The number of hydrogen-bond donors (Lipinski definition) is 0. The summed E-state index contributed by atoms with van der Waals surface area (Å²) in [7, 11) is 1.68. The van der Waals surface area contributed by atoms with Crippen molar-refractivity contribution < 1.29 is 9.53 Å². The Balaban J connectivity index is 2.10. The summed E-state index contributed by atoms with van der Waals surface area (Å²) < 4.78 is 7.28. The Morgan fingerprint density at radius 3 is 2.72 bits per heavy atom. The van der Waals surface area contributed by atoms with Crippen molar-refractivity contribution in [2.75, 3.05) is 30.9 Å². The lowest BCUT2D eigenvalue weighted by Crippen LogP contribution is -2.32. The summed E-state index contributed by atoms with van der Waals surface area (Å²) in [4.78, 5) is 19.1. The number of thioether (sulfide) groups is 1. The fourth-order valence-electron chi connectivity index (χ4n) is 2.47. The van der Waals surface area contributed by atoms with Gasteiger partial charge in [-0.2, -0.15) is 0 Å². The number of para-hydroxylation sites is 1. The van der Waals surface area contributed by atoms with Gasteiger partial charge in [0.2, 0.25) is 5.91 Å². The van der Waals surface area contributed by atoms with Crippen LogP contribution in [-0.2, 0) is 16.1 Å². The van der Waals surface area contributed by atoms with Crippen LogP contribution in [0, 0.1) is 13.8 Å². The number of aryl methyl sites for hydroxylation is 1. The van der Waals surface area contributed by atoms with E-state index >= 15 is 0 Å². The molecule has 0 aliphatic carbocycles. The van der Waals surface area contributed by atoms with Gasteiger partial charge in [-0.05, 0) is 26.0 Å². The minimum atomic E-state index is 0.0349. The topological polar surface area (TPSA) is 47.4 Å². The summed E-state index contributed by atoms with van der Waals surface area (Å²) in [6, 6.07) is 9.65. The van der Waals surface area contributed by atoms with E-state index in [2.05, 4.69) is 16.1 Å². The highest BCUT2D eigenvalue weighted by Gasteiger charge is 2.17. The van der Waals surface area contributed by atoms with E-state index in [1.54, 1.807) is 18.1 Å². The lowest BCUT2D eigenvalue weighted by Gasteiger charge is -2.21. The van der Waals surface area contributed by atoms with Gasteiger partial charge in [0, 0.05) is 31.6 Å². The molecule has 2 aromatic rings. The second-order valence-corrected chi connectivity index (χ2v) is 6.57. The van der Waals surface area contributed by atoms with Crippen LogP contribution in [0.2, 0.25) is 0 Å². The summed E-state index contributed by atoms with van der Waals surface area (Å²) >= 11 is 1.46. The Morgan fingerprint density at radius 2 is 2.08 bits per heavy atom. The van der Waals surface area contributed by atoms with Gasteiger partial charge >= 0.3 is 0 Å². The van der Waals surface area contributed by atoms with Crippen LogP contribution in [0.4, 0.5) is 5.69 Å². The van der Waals surface area contributed by atoms with E-state index < -0.39 is 0 Å². The first-order valence-corrected chi connectivity index (χ1v) is 9.18. The molecule has 0 saturated carbocycles. The first-order valence-electron chi connectivity index (χ1n) is 8.20. The second-order valence-electron chi connectivity index (χ2n) is 5.63. The average Bonchev–Trinajstić information content (AvgIpc) is 2.90. The van der Waals surface area contributed by atoms with Crippen molar-refractivity contribution in [1.29, 1.82) is 0 Å². The summed E-state index contributed by atoms with van der Waals surface area (Å²) in [5.74, 6) is 0.360. The minimum absolute atomic E-state index is 0.0349. The lowest BCUT2D eigenvalue weighted by atomic mass is 10.3. The van der Waals surface area contributed by atoms with Gasteiger partial charge in [-0.25, -0.2) is 4.98 Å². The molecule has 5 nitrogen and oxygen atoms in total. The van der Waals surface area contributed by atoms with Crippen molar-refractivity contribution in [2.24, 2.45) is 0 Å². The lowest BCUT2D eigenvalue weighted by molar-refractivity contribution is -0.116. The molecule has 0 N–H and O–H groups in total. The average molecular weight is 359 g/mol. The Kier molecular flexibility index (Phi) is 7.28. The zero-order valence-electron chi connectivity index (χ0n) is 15.1. The molecule has 0 bridgehead atoms. The third-order valence-electron chi connectivity index (χ3n) is 3.95. The molecule has 0 spiro atoms. The SMILES string of the molecule is C=CCN(C(=O)CSc1nc(C)c(C)n1CCOC)c1ccccc1. The van der Waals surface area contributed by atoms with E-state index in [1.165, 1.54) is 11.8 Å². The zero-order valence-corrected chi connectivity index (χ0v) is 15.9. The van der Waals surface area contributed by atoms with Crippen LogP contribution in [0.1, 0.15) is 11.4 Å². The van der Waals surface area contributed by atoms with E-state index in [9.17, 15) is 4.79 Å². The molecule has 0 aliphatic heterocycles. The Bertz CT molecular complexity index is 713. The normalized spacial score (nSPS) is 10.7. The molecular weight excluding hydrogens is 334 g/mol. The number of amides is 1. The van der Waals surface area contributed by atoms with Crippen molar-refractivity contribution in [3.8, 4) is 0 Å². The molecule has 0 saturated heterocycles. The molecule has 2 rings (SSSR count). The van der Waals surface area contributed by atoms with Gasteiger partial charge in [0.05, 0.1) is 18.1 Å². The third-order valence-corrected chi connectivity index (χ3v) is 4.91. The summed E-state index contributed by atoms with van der Waals surface area (Å²) in [6.07, 6.45) is 1.74. The number of anilines is 1. The second kappa shape index (κ2) is 9.44. The summed E-state index contributed by atoms with van der Waals surface area (Å²) in [6.45, 7) is 9.62. The van der Waals surface area contributed by atoms with Crippen molar-refractivity contribution in [3.63, 3.8) is 0 Å². The number of aromatic nitrogens is 2. The number of methoxy groups -OCH3 is 1. The number of ether oxygens (including phenoxy) is 1. The number of carbonyl (C=O) groups is 1. The minimum Gasteiger partial charge on any atom is -0.383 e. The van der Waals surface area contributed by atoms with Gasteiger partial charge in [-0.3, -0.25) is 4.79 Å². The standard InChI is InChI=1S/C19H25N3O2S/c1-5-11-22(17-9-7-6-8-10-17)18(23)14-25-19-20-15(2)16(3)21(19)12-13-24-4/h5-10H,1,11-14H2,2-4H3. The van der Waals surface area contributed by atoms with E-state index in [0.717, 1.165) is 28.8 Å². The van der Waals surface area contributed by atoms with Gasteiger partial charge in [-0.1, -0.05) is 36.0 Å². The number of benzene rings is 1. The Morgan fingerprint density at radius 1 is 1.36 bits per heavy atom. The smallest absolute Gasteiger partial charge is 0.237 e. The maximum atomic E-state index is 12.7. The molecule has 134 valence electrons. The summed E-state index contributed by atoms with van der Waals surface area (Å²) in [5, 5.41) is 0.854. The molecular formula is C19H25N3O2S. The number of hydrogen-bond acceptors (Lipinski definition) is 4. The highest BCUT2D eigenvalue weighted by Crippen LogP contribution is 2.23. The highest BCUT2D eigenvalue weighted by atomic mass is 32.2. The van der Waals surface area contributed by atoms with Gasteiger partial charge in [0.1, 0.15) is 0 Å². The predicted molar refractivity (Wildman–Crippen MR) is 103 cm³/mol. The molecule has 1 aromatic heterocycles. The molecule has 0 fully saturated rings. The monoisotopic (exact) mass is 359 g/mol. The van der Waals surface area contributed by atoms with E-state index in [4.69, 9.17) is 4.74 Å². The van der Waals surface area contributed by atoms with Gasteiger partial charge < -0.3 is 14.2 Å². The van der Waals surface area contributed by atoms with Gasteiger partial charge in [0.25, 0.3) is 0 Å². The zero-order chi connectivity index (χ0) is 18.2. The first-order chi connectivity index (χ1) is 12.1. The van der Waals surface area contributed by atoms with Crippen molar-refractivity contribution in [1.82, 2.24) is 9.55 Å². The molecule has 1 heterocycles. The van der Waals surface area contributed by atoms with E-state index in [1.807, 2.05) is 44.2 Å². The van der Waals surface area contributed by atoms with Crippen LogP contribution >= 0.6 is 11.8 Å². The highest BCUT2D eigenvalue weighted by molar-refractivity contribution is 7.99. The maximum absolute atomic E-state index is 12.7. The van der Waals surface area contributed by atoms with E-state index in [-0.39, 0.29) is 5.91 Å². The molecule has 25 heavy (non-hydrogen) atoms. The largest absolute Gasteiger partial charge is 0.383 e. The third kappa shape index (κ3) is 4.96. The van der Waals surface area contributed by atoms with Gasteiger partial charge in [0.15, 0.2) is 5.16 Å². The van der Waals surface area contributed by atoms with Crippen LogP contribution in [-0.4, -0.2) is 41.5 Å². The van der Waals surface area contributed by atoms with Gasteiger partial charge in [-0.15, -0.1) is 6.58 Å². The van der Waals surface area contributed by atoms with E-state index in [0.29, 0.717) is 18.9 Å². The molecule has 1 amide bonds. The number of imidazole rings is 1. The molecule has 1 aromatic carbocycles. The quantitative estimate of drug-likeness (QED) is 0.508. The number of nitrogens with zero attached hydrogens (tertiary/aromatic N) is 3. The van der Waals surface area contributed by atoms with Crippen LogP contribution in [0.3, 0.4) is 0 Å². The van der Waals surface area contributed by atoms with Crippen molar-refractivity contribution in [3.05, 3.63) is 54.4 Å². The first kappa shape index (κ1) is 19.3. The fraction of sp³-hybridized carbons (Fsp3) is 0.368. The predicted octanol–water partition coefficient (Wildman–Crippen LogP) is 3.46. The fourth-order valence-corrected chi connectivity index (χ4v) is 3.47. The van der Waals surface area contributed by atoms with Crippen LogP contribution in [0.5, 0.6) is 0 Å². The van der Waals surface area contributed by atoms with Crippen LogP contribution in [0.25, 0.3) is 0 Å².